The third kappa shape index (κ3) is 5.37. The van der Waals surface area contributed by atoms with E-state index in [1.165, 1.54) is 0 Å². The standard InChI is InChI=1S/C14H27NO4/c1-14(2,3)19-13(16)15(10-17-4)11-6-8-12(18-5)9-7-11/h11-12H,6-10H2,1-5H3/t11-,12-. The number of methoxy groups -OCH3 is 2. The lowest BCUT2D eigenvalue weighted by Crippen LogP contribution is -2.46. The van der Waals surface area contributed by atoms with E-state index in [0.717, 1.165) is 25.7 Å². The van der Waals surface area contributed by atoms with Gasteiger partial charge in [0.25, 0.3) is 0 Å². The first-order valence-electron chi connectivity index (χ1n) is 6.88. The number of carbonyl (C=O) groups is 1. The number of nitrogens with zero attached hydrogens (tertiary/aromatic N) is 1. The van der Waals surface area contributed by atoms with Gasteiger partial charge in [0.05, 0.1) is 6.10 Å². The van der Waals surface area contributed by atoms with Crippen molar-refractivity contribution in [2.45, 2.75) is 64.2 Å². The lowest BCUT2D eigenvalue weighted by Gasteiger charge is -2.36. The number of rotatable bonds is 4. The van der Waals surface area contributed by atoms with Crippen LogP contribution in [0.5, 0.6) is 0 Å². The molecule has 0 aliphatic heterocycles. The van der Waals surface area contributed by atoms with Crippen LogP contribution < -0.4 is 0 Å². The van der Waals surface area contributed by atoms with Gasteiger partial charge in [-0.1, -0.05) is 0 Å². The van der Waals surface area contributed by atoms with E-state index < -0.39 is 5.60 Å². The molecule has 0 unspecified atom stereocenters. The molecule has 5 nitrogen and oxygen atoms in total. The summed E-state index contributed by atoms with van der Waals surface area (Å²) in [5.41, 5.74) is -0.479. The lowest BCUT2D eigenvalue weighted by atomic mass is 9.92. The molecule has 19 heavy (non-hydrogen) atoms. The third-order valence-electron chi connectivity index (χ3n) is 3.31. The Morgan fingerprint density at radius 1 is 1.16 bits per heavy atom. The van der Waals surface area contributed by atoms with E-state index in [1.807, 2.05) is 20.8 Å². The van der Waals surface area contributed by atoms with Crippen LogP contribution in [-0.4, -0.2) is 49.7 Å². The fraction of sp³-hybridized carbons (Fsp3) is 0.929. The number of ether oxygens (including phenoxy) is 3. The number of hydrogen-bond acceptors (Lipinski definition) is 4. The summed E-state index contributed by atoms with van der Waals surface area (Å²) >= 11 is 0. The molecule has 0 heterocycles. The fourth-order valence-corrected chi connectivity index (χ4v) is 2.36. The van der Waals surface area contributed by atoms with Gasteiger partial charge in [0.1, 0.15) is 12.3 Å². The summed E-state index contributed by atoms with van der Waals surface area (Å²) in [5, 5.41) is 0. The smallest absolute Gasteiger partial charge is 0.412 e. The highest BCUT2D eigenvalue weighted by atomic mass is 16.6. The van der Waals surface area contributed by atoms with Crippen LogP contribution >= 0.6 is 0 Å². The van der Waals surface area contributed by atoms with Crippen LogP contribution in [-0.2, 0) is 14.2 Å². The molecule has 0 bridgehead atoms. The zero-order valence-corrected chi connectivity index (χ0v) is 12.8. The average Bonchev–Trinajstić information content (AvgIpc) is 2.34. The van der Waals surface area contributed by atoms with Crippen molar-refractivity contribution < 1.29 is 19.0 Å². The Bertz CT molecular complexity index is 280. The molecule has 0 aromatic heterocycles. The first-order chi connectivity index (χ1) is 8.87. The Kier molecular flexibility index (Phi) is 6.07. The second-order valence-corrected chi connectivity index (χ2v) is 6.03. The van der Waals surface area contributed by atoms with E-state index in [4.69, 9.17) is 14.2 Å². The normalized spacial score (nSPS) is 24.1. The molecular formula is C14H27NO4. The lowest BCUT2D eigenvalue weighted by molar-refractivity contribution is -0.0321. The maximum atomic E-state index is 12.2. The Morgan fingerprint density at radius 2 is 1.74 bits per heavy atom. The number of hydrogen-bond donors (Lipinski definition) is 0. The summed E-state index contributed by atoms with van der Waals surface area (Å²) in [7, 11) is 3.34. The second-order valence-electron chi connectivity index (χ2n) is 6.03. The predicted molar refractivity (Wildman–Crippen MR) is 73.0 cm³/mol. The Labute approximate surface area is 116 Å². The minimum Gasteiger partial charge on any atom is -0.444 e. The molecule has 1 fully saturated rings. The summed E-state index contributed by atoms with van der Waals surface area (Å²) in [4.78, 5) is 13.9. The zero-order valence-electron chi connectivity index (χ0n) is 12.8. The number of amides is 1. The molecule has 0 aromatic rings. The second kappa shape index (κ2) is 7.10. The van der Waals surface area contributed by atoms with Crippen LogP contribution in [0.15, 0.2) is 0 Å². The van der Waals surface area contributed by atoms with Crippen LogP contribution in [0, 0.1) is 0 Å². The largest absolute Gasteiger partial charge is 0.444 e. The van der Waals surface area contributed by atoms with Crippen LogP contribution in [0.2, 0.25) is 0 Å². The minimum atomic E-state index is -0.479. The highest BCUT2D eigenvalue weighted by Gasteiger charge is 2.31. The van der Waals surface area contributed by atoms with Gasteiger partial charge in [-0.15, -0.1) is 0 Å². The topological polar surface area (TPSA) is 48.0 Å². The molecule has 1 rings (SSSR count). The molecule has 1 amide bonds. The first-order valence-corrected chi connectivity index (χ1v) is 6.88. The van der Waals surface area contributed by atoms with E-state index >= 15 is 0 Å². The average molecular weight is 273 g/mol. The number of carbonyl (C=O) groups excluding carboxylic acids is 1. The molecule has 1 saturated carbocycles. The summed E-state index contributed by atoms with van der Waals surface area (Å²) in [6, 6.07) is 0.182. The Balaban J connectivity index is 2.59. The highest BCUT2D eigenvalue weighted by molar-refractivity contribution is 5.68. The predicted octanol–water partition coefficient (Wildman–Crippen LogP) is 2.79. The van der Waals surface area contributed by atoms with Gasteiger partial charge in [-0.2, -0.15) is 0 Å². The van der Waals surface area contributed by atoms with Gasteiger partial charge in [0.2, 0.25) is 0 Å². The SMILES string of the molecule is COCN(C(=O)OC(C)(C)C)[C@H]1CC[C@H](OC)CC1. The molecule has 0 spiro atoms. The van der Waals surface area contributed by atoms with E-state index in [0.29, 0.717) is 6.10 Å². The van der Waals surface area contributed by atoms with Crippen molar-refractivity contribution in [2.24, 2.45) is 0 Å². The molecular weight excluding hydrogens is 246 g/mol. The molecule has 0 atom stereocenters. The molecule has 5 heteroatoms. The maximum Gasteiger partial charge on any atom is 0.412 e. The summed E-state index contributed by atoms with van der Waals surface area (Å²) in [6.45, 7) is 5.89. The summed E-state index contributed by atoms with van der Waals surface area (Å²) in [5.74, 6) is 0. The van der Waals surface area contributed by atoms with Gasteiger partial charge in [-0.25, -0.2) is 4.79 Å². The molecule has 0 N–H and O–H groups in total. The molecule has 1 aliphatic rings. The quantitative estimate of drug-likeness (QED) is 0.739. The van der Waals surface area contributed by atoms with Crippen molar-refractivity contribution in [3.63, 3.8) is 0 Å². The van der Waals surface area contributed by atoms with Crippen LogP contribution in [0.25, 0.3) is 0 Å². The molecule has 0 radical (unpaired) electrons. The van der Waals surface area contributed by atoms with Gasteiger partial charge in [-0.3, -0.25) is 4.90 Å². The van der Waals surface area contributed by atoms with E-state index in [-0.39, 0.29) is 18.9 Å². The highest BCUT2D eigenvalue weighted by Crippen LogP contribution is 2.26. The third-order valence-corrected chi connectivity index (χ3v) is 3.31. The maximum absolute atomic E-state index is 12.2. The van der Waals surface area contributed by atoms with Crippen LogP contribution in [0.1, 0.15) is 46.5 Å². The summed E-state index contributed by atoms with van der Waals surface area (Å²) in [6.07, 6.45) is 3.84. The van der Waals surface area contributed by atoms with E-state index in [9.17, 15) is 4.79 Å². The minimum absolute atomic E-state index is 0.182. The zero-order chi connectivity index (χ0) is 14.5. The summed E-state index contributed by atoms with van der Waals surface area (Å²) < 4.78 is 15.9. The van der Waals surface area contributed by atoms with Crippen molar-refractivity contribution in [3.05, 3.63) is 0 Å². The molecule has 112 valence electrons. The van der Waals surface area contributed by atoms with Crippen molar-refractivity contribution in [1.29, 1.82) is 0 Å². The van der Waals surface area contributed by atoms with Crippen molar-refractivity contribution in [3.8, 4) is 0 Å². The van der Waals surface area contributed by atoms with Gasteiger partial charge < -0.3 is 14.2 Å². The Hall–Kier alpha value is -0.810. The molecule has 1 aliphatic carbocycles. The molecule has 0 aromatic carbocycles. The molecule has 0 saturated heterocycles. The van der Waals surface area contributed by atoms with Crippen LogP contribution in [0.3, 0.4) is 0 Å². The van der Waals surface area contributed by atoms with Crippen molar-refractivity contribution in [1.82, 2.24) is 4.90 Å². The fourth-order valence-electron chi connectivity index (χ4n) is 2.36. The first kappa shape index (κ1) is 16.2. The van der Waals surface area contributed by atoms with Gasteiger partial charge in [0.15, 0.2) is 0 Å². The van der Waals surface area contributed by atoms with Gasteiger partial charge in [0, 0.05) is 20.3 Å². The van der Waals surface area contributed by atoms with Crippen molar-refractivity contribution in [2.75, 3.05) is 21.0 Å². The van der Waals surface area contributed by atoms with Crippen molar-refractivity contribution >= 4 is 6.09 Å². The van der Waals surface area contributed by atoms with E-state index in [1.54, 1.807) is 19.1 Å². The monoisotopic (exact) mass is 273 g/mol. The van der Waals surface area contributed by atoms with Gasteiger partial charge in [-0.05, 0) is 46.5 Å². The van der Waals surface area contributed by atoms with E-state index in [2.05, 4.69) is 0 Å². The van der Waals surface area contributed by atoms with Gasteiger partial charge >= 0.3 is 6.09 Å². The Morgan fingerprint density at radius 3 is 2.16 bits per heavy atom. The van der Waals surface area contributed by atoms with Crippen LogP contribution in [0.4, 0.5) is 4.79 Å².